The lowest BCUT2D eigenvalue weighted by atomic mass is 10.1. The average molecular weight is 200 g/mol. The Morgan fingerprint density at radius 2 is 1.87 bits per heavy atom. The molecule has 0 unspecified atom stereocenters. The zero-order chi connectivity index (χ0) is 10.7. The molecule has 0 aliphatic carbocycles. The maximum absolute atomic E-state index is 4.25. The van der Waals surface area contributed by atoms with E-state index in [1.165, 1.54) is 16.8 Å². The molecule has 1 aromatic heterocycles. The van der Waals surface area contributed by atoms with Crippen molar-refractivity contribution >= 4 is 0 Å². The van der Waals surface area contributed by atoms with Crippen molar-refractivity contribution in [2.45, 2.75) is 19.8 Å². The number of aryl methyl sites for hydroxylation is 3. The summed E-state index contributed by atoms with van der Waals surface area (Å²) in [5, 5.41) is 4.25. The number of nitrogens with zero attached hydrogens (tertiary/aromatic N) is 2. The number of rotatable bonds is 3. The number of hydrogen-bond donors (Lipinski definition) is 0. The second kappa shape index (κ2) is 4.30. The molecular formula is C13H16N2. The Balaban J connectivity index is 2.05. The fourth-order valence-corrected chi connectivity index (χ4v) is 1.84. The Morgan fingerprint density at radius 3 is 2.47 bits per heavy atom. The number of hydrogen-bond acceptors (Lipinski definition) is 1. The molecule has 2 aromatic rings. The first kappa shape index (κ1) is 9.97. The second-order valence-electron chi connectivity index (χ2n) is 3.88. The van der Waals surface area contributed by atoms with E-state index < -0.39 is 0 Å². The maximum atomic E-state index is 4.25. The standard InChI is InChI=1S/C13H16N2/c1-11-10-14-15(2)13(11)9-8-12-6-4-3-5-7-12/h3-7,10H,8-9H2,1-2H3. The van der Waals surface area contributed by atoms with Crippen LogP contribution < -0.4 is 0 Å². The van der Waals surface area contributed by atoms with Gasteiger partial charge in [-0.1, -0.05) is 30.3 Å². The van der Waals surface area contributed by atoms with Crippen molar-refractivity contribution in [3.8, 4) is 0 Å². The van der Waals surface area contributed by atoms with Crippen molar-refractivity contribution in [2.24, 2.45) is 7.05 Å². The molecule has 2 nitrogen and oxygen atoms in total. The summed E-state index contributed by atoms with van der Waals surface area (Å²) in [4.78, 5) is 0. The van der Waals surface area contributed by atoms with Gasteiger partial charge in [-0.2, -0.15) is 5.10 Å². The van der Waals surface area contributed by atoms with E-state index >= 15 is 0 Å². The van der Waals surface area contributed by atoms with Gasteiger partial charge in [0.25, 0.3) is 0 Å². The highest BCUT2D eigenvalue weighted by molar-refractivity contribution is 5.20. The normalized spacial score (nSPS) is 10.5. The van der Waals surface area contributed by atoms with Gasteiger partial charge in [0, 0.05) is 12.7 Å². The van der Waals surface area contributed by atoms with Gasteiger partial charge in [-0.05, 0) is 30.9 Å². The van der Waals surface area contributed by atoms with Crippen molar-refractivity contribution in [1.82, 2.24) is 9.78 Å². The minimum atomic E-state index is 1.06. The molecule has 0 saturated heterocycles. The van der Waals surface area contributed by atoms with Crippen LogP contribution in [0.4, 0.5) is 0 Å². The molecule has 0 N–H and O–H groups in total. The summed E-state index contributed by atoms with van der Waals surface area (Å²) in [5.41, 5.74) is 4.00. The molecule has 1 aromatic carbocycles. The Labute approximate surface area is 90.6 Å². The Hall–Kier alpha value is -1.57. The molecule has 0 atom stereocenters. The summed E-state index contributed by atoms with van der Waals surface area (Å²) in [6.45, 7) is 2.12. The largest absolute Gasteiger partial charge is 0.272 e. The van der Waals surface area contributed by atoms with Crippen molar-refractivity contribution in [1.29, 1.82) is 0 Å². The summed E-state index contributed by atoms with van der Waals surface area (Å²) in [7, 11) is 2.01. The molecule has 0 radical (unpaired) electrons. The van der Waals surface area contributed by atoms with Gasteiger partial charge in [0.2, 0.25) is 0 Å². The van der Waals surface area contributed by atoms with Crippen LogP contribution in [0.5, 0.6) is 0 Å². The lowest BCUT2D eigenvalue weighted by Gasteiger charge is -2.03. The molecule has 0 fully saturated rings. The van der Waals surface area contributed by atoms with Gasteiger partial charge in [-0.3, -0.25) is 4.68 Å². The highest BCUT2D eigenvalue weighted by atomic mass is 15.3. The van der Waals surface area contributed by atoms with Gasteiger partial charge < -0.3 is 0 Å². The fraction of sp³-hybridized carbons (Fsp3) is 0.308. The maximum Gasteiger partial charge on any atom is 0.0521 e. The third kappa shape index (κ3) is 2.27. The highest BCUT2D eigenvalue weighted by Crippen LogP contribution is 2.10. The zero-order valence-corrected chi connectivity index (χ0v) is 9.27. The van der Waals surface area contributed by atoms with Crippen molar-refractivity contribution in [2.75, 3.05) is 0 Å². The van der Waals surface area contributed by atoms with E-state index in [0.717, 1.165) is 12.8 Å². The van der Waals surface area contributed by atoms with Crippen LogP contribution in [0.3, 0.4) is 0 Å². The van der Waals surface area contributed by atoms with Crippen LogP contribution in [0.25, 0.3) is 0 Å². The summed E-state index contributed by atoms with van der Waals surface area (Å²) in [6.07, 6.45) is 4.08. The molecule has 2 heteroatoms. The monoisotopic (exact) mass is 200 g/mol. The molecular weight excluding hydrogens is 184 g/mol. The first-order valence-electron chi connectivity index (χ1n) is 5.29. The lowest BCUT2D eigenvalue weighted by molar-refractivity contribution is 0.701. The number of benzene rings is 1. The van der Waals surface area contributed by atoms with Crippen molar-refractivity contribution in [3.05, 3.63) is 53.3 Å². The van der Waals surface area contributed by atoms with Gasteiger partial charge in [-0.25, -0.2) is 0 Å². The van der Waals surface area contributed by atoms with Gasteiger partial charge in [0.1, 0.15) is 0 Å². The van der Waals surface area contributed by atoms with Crippen LogP contribution in [0.1, 0.15) is 16.8 Å². The molecule has 0 saturated carbocycles. The van der Waals surface area contributed by atoms with E-state index in [9.17, 15) is 0 Å². The third-order valence-corrected chi connectivity index (χ3v) is 2.76. The lowest BCUT2D eigenvalue weighted by Crippen LogP contribution is -2.01. The van der Waals surface area contributed by atoms with Crippen LogP contribution in [0.2, 0.25) is 0 Å². The average Bonchev–Trinajstić information content (AvgIpc) is 2.58. The predicted molar refractivity (Wildman–Crippen MR) is 61.8 cm³/mol. The van der Waals surface area contributed by atoms with Crippen LogP contribution in [0.15, 0.2) is 36.5 Å². The van der Waals surface area contributed by atoms with Crippen molar-refractivity contribution < 1.29 is 0 Å². The van der Waals surface area contributed by atoms with Gasteiger partial charge in [-0.15, -0.1) is 0 Å². The third-order valence-electron chi connectivity index (χ3n) is 2.76. The summed E-state index contributed by atoms with van der Waals surface area (Å²) in [6, 6.07) is 10.6. The first-order valence-corrected chi connectivity index (χ1v) is 5.29. The molecule has 1 heterocycles. The molecule has 0 aliphatic rings. The summed E-state index contributed by atoms with van der Waals surface area (Å²) >= 11 is 0. The zero-order valence-electron chi connectivity index (χ0n) is 9.27. The van der Waals surface area contributed by atoms with E-state index in [2.05, 4.69) is 42.4 Å². The molecule has 2 rings (SSSR count). The van der Waals surface area contributed by atoms with Crippen molar-refractivity contribution in [3.63, 3.8) is 0 Å². The molecule has 0 bridgehead atoms. The van der Waals surface area contributed by atoms with Gasteiger partial charge >= 0.3 is 0 Å². The first-order chi connectivity index (χ1) is 7.27. The Morgan fingerprint density at radius 1 is 1.13 bits per heavy atom. The van der Waals surface area contributed by atoms with Crippen LogP contribution in [0, 0.1) is 6.92 Å². The number of aromatic nitrogens is 2. The predicted octanol–water partition coefficient (Wildman–Crippen LogP) is 2.51. The minimum absolute atomic E-state index is 1.06. The smallest absolute Gasteiger partial charge is 0.0521 e. The van der Waals surface area contributed by atoms with Gasteiger partial charge in [0.15, 0.2) is 0 Å². The van der Waals surface area contributed by atoms with E-state index in [1.807, 2.05) is 17.9 Å². The van der Waals surface area contributed by atoms with E-state index in [-0.39, 0.29) is 0 Å². The molecule has 0 amide bonds. The van der Waals surface area contributed by atoms with E-state index in [4.69, 9.17) is 0 Å². The fourth-order valence-electron chi connectivity index (χ4n) is 1.84. The second-order valence-corrected chi connectivity index (χ2v) is 3.88. The molecule has 0 spiro atoms. The molecule has 15 heavy (non-hydrogen) atoms. The summed E-state index contributed by atoms with van der Waals surface area (Å²) in [5.74, 6) is 0. The topological polar surface area (TPSA) is 17.8 Å². The van der Waals surface area contributed by atoms with Crippen LogP contribution in [-0.2, 0) is 19.9 Å². The summed E-state index contributed by atoms with van der Waals surface area (Å²) < 4.78 is 1.97. The van der Waals surface area contributed by atoms with E-state index in [1.54, 1.807) is 0 Å². The molecule has 78 valence electrons. The quantitative estimate of drug-likeness (QED) is 0.744. The SMILES string of the molecule is Cc1cnn(C)c1CCc1ccccc1. The Kier molecular flexibility index (Phi) is 2.86. The highest BCUT2D eigenvalue weighted by Gasteiger charge is 2.03. The minimum Gasteiger partial charge on any atom is -0.272 e. The molecule has 0 aliphatic heterocycles. The van der Waals surface area contributed by atoms with E-state index in [0.29, 0.717) is 0 Å². The van der Waals surface area contributed by atoms with Gasteiger partial charge in [0.05, 0.1) is 6.20 Å². The Bertz CT molecular complexity index is 410. The van der Waals surface area contributed by atoms with Crippen LogP contribution in [-0.4, -0.2) is 9.78 Å². The van der Waals surface area contributed by atoms with Crippen LogP contribution >= 0.6 is 0 Å².